The maximum Gasteiger partial charge on any atom is 0.261 e. The van der Waals surface area contributed by atoms with E-state index < -0.39 is 12.1 Å². The van der Waals surface area contributed by atoms with E-state index in [4.69, 9.17) is 0 Å². The first-order valence-corrected chi connectivity index (χ1v) is 12.9. The molecule has 1 aliphatic heterocycles. The molecule has 2 N–H and O–H groups in total. The minimum Gasteiger partial charge on any atom is -0.344 e. The first-order valence-electron chi connectivity index (χ1n) is 12.9. The molecular weight excluding hydrogens is 444 g/mol. The fourth-order valence-electron chi connectivity index (χ4n) is 5.11. The van der Waals surface area contributed by atoms with Gasteiger partial charge in [-0.2, -0.15) is 0 Å². The number of carbonyl (C=O) groups excluding carboxylic acids is 3. The zero-order valence-corrected chi connectivity index (χ0v) is 20.7. The molecule has 0 bridgehead atoms. The van der Waals surface area contributed by atoms with E-state index in [-0.39, 0.29) is 29.6 Å². The van der Waals surface area contributed by atoms with Crippen LogP contribution >= 0.6 is 0 Å². The average Bonchev–Trinajstić information content (AvgIpc) is 3.57. The van der Waals surface area contributed by atoms with Gasteiger partial charge in [-0.15, -0.1) is 10.2 Å². The second-order valence-electron chi connectivity index (χ2n) is 9.75. The summed E-state index contributed by atoms with van der Waals surface area (Å²) in [6, 6.07) is 8.31. The molecule has 1 aromatic carbocycles. The van der Waals surface area contributed by atoms with Gasteiger partial charge in [-0.25, -0.2) is 4.68 Å². The molecule has 9 heteroatoms. The van der Waals surface area contributed by atoms with Crippen molar-refractivity contribution in [2.75, 3.05) is 12.0 Å². The molecule has 2 aromatic rings. The summed E-state index contributed by atoms with van der Waals surface area (Å²) in [6.45, 7) is 4.36. The third-order valence-electron chi connectivity index (χ3n) is 7.39. The zero-order valence-electron chi connectivity index (χ0n) is 20.7. The Balaban J connectivity index is 1.50. The molecule has 1 saturated heterocycles. The number of benzene rings is 1. The molecule has 2 heterocycles. The van der Waals surface area contributed by atoms with Crippen molar-refractivity contribution >= 4 is 17.7 Å². The quantitative estimate of drug-likeness (QED) is 0.603. The number of hydrogen-bond donors (Lipinski definition) is 2. The van der Waals surface area contributed by atoms with Crippen LogP contribution in [0.2, 0.25) is 0 Å². The summed E-state index contributed by atoms with van der Waals surface area (Å²) < 4.78 is 1.50. The number of nitrogens with zero attached hydrogens (tertiary/aromatic N) is 4. The Morgan fingerprint density at radius 2 is 1.80 bits per heavy atom. The van der Waals surface area contributed by atoms with Gasteiger partial charge < -0.3 is 10.2 Å². The molecule has 3 amide bonds. The lowest BCUT2D eigenvalue weighted by molar-refractivity contribution is -0.142. The van der Waals surface area contributed by atoms with Crippen molar-refractivity contribution < 1.29 is 14.4 Å². The van der Waals surface area contributed by atoms with Crippen LogP contribution in [0.4, 0.5) is 0 Å². The van der Waals surface area contributed by atoms with Gasteiger partial charge in [-0.3, -0.25) is 19.8 Å². The molecule has 1 aliphatic carbocycles. The van der Waals surface area contributed by atoms with Gasteiger partial charge in [0.25, 0.3) is 5.91 Å². The lowest BCUT2D eigenvalue weighted by Gasteiger charge is -2.35. The molecule has 0 radical (unpaired) electrons. The number of carbonyl (C=O) groups is 3. The summed E-state index contributed by atoms with van der Waals surface area (Å²) >= 11 is 0. The Morgan fingerprint density at radius 1 is 1.06 bits per heavy atom. The molecule has 2 fully saturated rings. The van der Waals surface area contributed by atoms with Gasteiger partial charge >= 0.3 is 0 Å². The monoisotopic (exact) mass is 480 g/mol. The standard InChI is InChI=1S/C26H36N6O3/c1-3-18(2)24(33)28-22(19-11-6-4-7-12-19)26(35)31-16-10-15-21(31)25(34)30-32-17-27-29-23(32)20-13-8-5-9-14-20/h5,8-9,13-14,17-19,21-22H,3-4,6-7,10-12,15-16H2,1-2H3,(H,28,33)(H,30,34)/t18-,21+,22+/m1/s1. The maximum absolute atomic E-state index is 13.8. The van der Waals surface area contributed by atoms with Gasteiger partial charge in [0.05, 0.1) is 0 Å². The van der Waals surface area contributed by atoms with Crippen LogP contribution in [-0.4, -0.2) is 56.1 Å². The van der Waals surface area contributed by atoms with Gasteiger partial charge in [0.15, 0.2) is 5.82 Å². The predicted octanol–water partition coefficient (Wildman–Crippen LogP) is 3.12. The fraction of sp³-hybridized carbons (Fsp3) is 0.577. The Labute approximate surface area is 206 Å². The molecule has 9 nitrogen and oxygen atoms in total. The number of likely N-dealkylation sites (tertiary alicyclic amines) is 1. The smallest absolute Gasteiger partial charge is 0.261 e. The van der Waals surface area contributed by atoms with Gasteiger partial charge in [0.1, 0.15) is 18.4 Å². The minimum absolute atomic E-state index is 0.0892. The van der Waals surface area contributed by atoms with Crippen LogP contribution in [0.15, 0.2) is 36.7 Å². The first-order chi connectivity index (χ1) is 17.0. The van der Waals surface area contributed by atoms with Gasteiger partial charge in [-0.05, 0) is 38.0 Å². The van der Waals surface area contributed by atoms with Crippen molar-refractivity contribution in [3.63, 3.8) is 0 Å². The van der Waals surface area contributed by atoms with Crippen LogP contribution in [0.3, 0.4) is 0 Å². The van der Waals surface area contributed by atoms with Gasteiger partial charge in [0, 0.05) is 18.0 Å². The topological polar surface area (TPSA) is 109 Å². The minimum atomic E-state index is -0.597. The Kier molecular flexibility index (Phi) is 8.15. The first kappa shape index (κ1) is 24.9. The SMILES string of the molecule is CC[C@@H](C)C(=O)N[C@H](C(=O)N1CCC[C@H]1C(=O)Nn1cnnc1-c1ccccc1)C1CCCCC1. The molecule has 188 valence electrons. The summed E-state index contributed by atoms with van der Waals surface area (Å²) in [5.41, 5.74) is 3.70. The van der Waals surface area contributed by atoms with Crippen LogP contribution in [0.1, 0.15) is 65.2 Å². The van der Waals surface area contributed by atoms with E-state index in [1.807, 2.05) is 44.2 Å². The molecule has 3 atom stereocenters. The average molecular weight is 481 g/mol. The van der Waals surface area contributed by atoms with E-state index >= 15 is 0 Å². The van der Waals surface area contributed by atoms with Gasteiger partial charge in [-0.1, -0.05) is 63.4 Å². The highest BCUT2D eigenvalue weighted by Gasteiger charge is 2.41. The molecule has 0 unspecified atom stereocenters. The summed E-state index contributed by atoms with van der Waals surface area (Å²) in [5, 5.41) is 11.1. The molecule has 1 saturated carbocycles. The van der Waals surface area contributed by atoms with Crippen LogP contribution in [0, 0.1) is 11.8 Å². The molecule has 0 spiro atoms. The van der Waals surface area contributed by atoms with Gasteiger partial charge in [0.2, 0.25) is 11.8 Å². The van der Waals surface area contributed by atoms with Crippen molar-refractivity contribution in [3.05, 3.63) is 36.7 Å². The highest BCUT2D eigenvalue weighted by atomic mass is 16.2. The largest absolute Gasteiger partial charge is 0.344 e. The summed E-state index contributed by atoms with van der Waals surface area (Å²) in [6.07, 6.45) is 8.62. The van der Waals surface area contributed by atoms with Crippen LogP contribution in [0.25, 0.3) is 11.4 Å². The van der Waals surface area contributed by atoms with Crippen LogP contribution in [-0.2, 0) is 14.4 Å². The summed E-state index contributed by atoms with van der Waals surface area (Å²) in [4.78, 5) is 41.5. The van der Waals surface area contributed by atoms with E-state index in [2.05, 4.69) is 20.9 Å². The maximum atomic E-state index is 13.8. The molecule has 1 aromatic heterocycles. The Morgan fingerprint density at radius 3 is 2.51 bits per heavy atom. The van der Waals surface area contributed by atoms with Crippen molar-refractivity contribution in [2.24, 2.45) is 11.8 Å². The summed E-state index contributed by atoms with van der Waals surface area (Å²) in [5.74, 6) is -0.0288. The van der Waals surface area contributed by atoms with E-state index in [1.165, 1.54) is 11.0 Å². The lowest BCUT2D eigenvalue weighted by atomic mass is 9.83. The van der Waals surface area contributed by atoms with E-state index in [1.54, 1.807) is 4.90 Å². The number of amides is 3. The molecule has 35 heavy (non-hydrogen) atoms. The Hall–Kier alpha value is -3.23. The third kappa shape index (κ3) is 5.71. The molecular formula is C26H36N6O3. The van der Waals surface area contributed by atoms with Crippen LogP contribution in [0.5, 0.6) is 0 Å². The van der Waals surface area contributed by atoms with Crippen LogP contribution < -0.4 is 10.7 Å². The fourth-order valence-corrected chi connectivity index (χ4v) is 5.11. The number of hydrogen-bond acceptors (Lipinski definition) is 5. The van der Waals surface area contributed by atoms with E-state index in [0.717, 1.165) is 50.5 Å². The second-order valence-corrected chi connectivity index (χ2v) is 9.75. The number of nitrogens with one attached hydrogen (secondary N) is 2. The highest BCUT2D eigenvalue weighted by Crippen LogP contribution is 2.30. The van der Waals surface area contributed by atoms with Crippen molar-refractivity contribution in [2.45, 2.75) is 77.3 Å². The summed E-state index contributed by atoms with van der Waals surface area (Å²) in [7, 11) is 0. The predicted molar refractivity (Wildman–Crippen MR) is 133 cm³/mol. The number of aromatic nitrogens is 3. The second kappa shape index (κ2) is 11.5. The normalized spacial score (nSPS) is 20.3. The lowest BCUT2D eigenvalue weighted by Crippen LogP contribution is -2.56. The molecule has 4 rings (SSSR count). The third-order valence-corrected chi connectivity index (χ3v) is 7.39. The van der Waals surface area contributed by atoms with Crippen molar-refractivity contribution in [1.29, 1.82) is 0 Å². The van der Waals surface area contributed by atoms with Crippen molar-refractivity contribution in [1.82, 2.24) is 25.1 Å². The zero-order chi connectivity index (χ0) is 24.8. The highest BCUT2D eigenvalue weighted by molar-refractivity contribution is 5.95. The van der Waals surface area contributed by atoms with E-state index in [0.29, 0.717) is 18.8 Å². The Bertz CT molecular complexity index is 1020. The number of rotatable bonds is 8. The van der Waals surface area contributed by atoms with Crippen molar-refractivity contribution in [3.8, 4) is 11.4 Å². The molecule has 2 aliphatic rings. The van der Waals surface area contributed by atoms with E-state index in [9.17, 15) is 14.4 Å².